The highest BCUT2D eigenvalue weighted by molar-refractivity contribution is 7.97. The highest BCUT2D eigenvalue weighted by Gasteiger charge is 2.20. The Morgan fingerprint density at radius 1 is 1.15 bits per heavy atom. The van der Waals surface area contributed by atoms with Crippen molar-refractivity contribution >= 4 is 34.2 Å². The lowest BCUT2D eigenvalue weighted by Crippen LogP contribution is -2.25. The molecule has 1 aliphatic heterocycles. The van der Waals surface area contributed by atoms with Crippen LogP contribution in [0.5, 0.6) is 0 Å². The fourth-order valence-electron chi connectivity index (χ4n) is 3.08. The molecule has 1 amide bonds. The standard InChI is InChI=1S/C21H25NO3S2/c1-26-14-16-5-7-18(8-6-16)21(23)22-19-4-2-3-17(13-19)15-27(24)20-9-11-25-12-10-20/h2-8,13,20H,9-12,14-15H2,1H3,(H,22,23). The summed E-state index contributed by atoms with van der Waals surface area (Å²) in [6.07, 6.45) is 3.77. The second kappa shape index (κ2) is 10.1. The average molecular weight is 404 g/mol. The van der Waals surface area contributed by atoms with E-state index in [1.54, 1.807) is 11.8 Å². The normalized spacial score (nSPS) is 16.0. The maximum Gasteiger partial charge on any atom is 0.255 e. The molecule has 0 bridgehead atoms. The van der Waals surface area contributed by atoms with Gasteiger partial charge in [-0.1, -0.05) is 24.3 Å². The van der Waals surface area contributed by atoms with Gasteiger partial charge in [-0.15, -0.1) is 0 Å². The molecular weight excluding hydrogens is 378 g/mol. The van der Waals surface area contributed by atoms with Gasteiger partial charge >= 0.3 is 0 Å². The number of hydrogen-bond donors (Lipinski definition) is 1. The molecule has 1 unspecified atom stereocenters. The summed E-state index contributed by atoms with van der Waals surface area (Å²) in [6, 6.07) is 15.3. The molecule has 144 valence electrons. The number of hydrogen-bond acceptors (Lipinski definition) is 4. The van der Waals surface area contributed by atoms with Crippen molar-refractivity contribution in [2.24, 2.45) is 0 Å². The van der Waals surface area contributed by atoms with Crippen LogP contribution in [-0.4, -0.2) is 34.8 Å². The fraction of sp³-hybridized carbons (Fsp3) is 0.381. The lowest BCUT2D eigenvalue weighted by molar-refractivity contribution is 0.0991. The maximum absolute atomic E-state index is 12.6. The molecule has 4 nitrogen and oxygen atoms in total. The van der Waals surface area contributed by atoms with Gasteiger partial charge in [0.05, 0.1) is 0 Å². The van der Waals surface area contributed by atoms with Crippen LogP contribution in [0.2, 0.25) is 0 Å². The van der Waals surface area contributed by atoms with Crippen LogP contribution in [0.3, 0.4) is 0 Å². The second-order valence-electron chi connectivity index (χ2n) is 6.62. The van der Waals surface area contributed by atoms with E-state index in [-0.39, 0.29) is 11.2 Å². The Labute approximate surface area is 167 Å². The number of benzene rings is 2. The van der Waals surface area contributed by atoms with E-state index in [0.29, 0.717) is 24.5 Å². The lowest BCUT2D eigenvalue weighted by atomic mass is 10.1. The summed E-state index contributed by atoms with van der Waals surface area (Å²) >= 11 is 1.76. The second-order valence-corrected chi connectivity index (χ2v) is 9.20. The van der Waals surface area contributed by atoms with Crippen molar-refractivity contribution in [2.75, 3.05) is 24.8 Å². The Bertz CT molecular complexity index is 786. The molecule has 1 aliphatic rings. The van der Waals surface area contributed by atoms with E-state index in [2.05, 4.69) is 11.6 Å². The van der Waals surface area contributed by atoms with E-state index in [0.717, 1.165) is 29.8 Å². The van der Waals surface area contributed by atoms with E-state index < -0.39 is 10.8 Å². The zero-order valence-electron chi connectivity index (χ0n) is 15.5. The van der Waals surface area contributed by atoms with Crippen LogP contribution in [0.15, 0.2) is 48.5 Å². The van der Waals surface area contributed by atoms with Gasteiger partial charge in [-0.3, -0.25) is 9.00 Å². The van der Waals surface area contributed by atoms with Gasteiger partial charge in [-0.05, 0) is 54.5 Å². The number of thioether (sulfide) groups is 1. The molecule has 1 saturated heterocycles. The minimum absolute atomic E-state index is 0.131. The van der Waals surface area contributed by atoms with E-state index in [9.17, 15) is 9.00 Å². The largest absolute Gasteiger partial charge is 0.381 e. The predicted molar refractivity (Wildman–Crippen MR) is 114 cm³/mol. The van der Waals surface area contributed by atoms with Crippen molar-refractivity contribution in [2.45, 2.75) is 29.6 Å². The molecule has 0 aliphatic carbocycles. The lowest BCUT2D eigenvalue weighted by Gasteiger charge is -2.21. The van der Waals surface area contributed by atoms with Crippen LogP contribution < -0.4 is 5.32 Å². The molecule has 27 heavy (non-hydrogen) atoms. The molecule has 1 heterocycles. The van der Waals surface area contributed by atoms with E-state index in [4.69, 9.17) is 4.74 Å². The minimum Gasteiger partial charge on any atom is -0.381 e. The third-order valence-corrected chi connectivity index (χ3v) is 7.02. The quantitative estimate of drug-likeness (QED) is 0.752. The molecule has 0 saturated carbocycles. The molecule has 0 radical (unpaired) electrons. The summed E-state index contributed by atoms with van der Waals surface area (Å²) < 4.78 is 17.9. The number of rotatable bonds is 7. The third kappa shape index (κ3) is 5.92. The Morgan fingerprint density at radius 2 is 1.89 bits per heavy atom. The summed E-state index contributed by atoms with van der Waals surface area (Å²) in [5.74, 6) is 1.32. The van der Waals surface area contributed by atoms with Gasteiger partial charge in [0.15, 0.2) is 0 Å². The Kier molecular flexibility index (Phi) is 7.50. The SMILES string of the molecule is CSCc1ccc(C(=O)Nc2cccc(CS(=O)C3CCOCC3)c2)cc1. The van der Waals surface area contributed by atoms with Crippen LogP contribution in [0.25, 0.3) is 0 Å². The van der Waals surface area contributed by atoms with Crippen molar-refractivity contribution in [1.29, 1.82) is 0 Å². The van der Waals surface area contributed by atoms with Gasteiger partial charge < -0.3 is 10.1 Å². The van der Waals surface area contributed by atoms with Crippen LogP contribution in [0, 0.1) is 0 Å². The molecule has 1 atom stereocenters. The Balaban J connectivity index is 1.61. The number of anilines is 1. The van der Waals surface area contributed by atoms with Gasteiger partial charge in [-0.2, -0.15) is 11.8 Å². The topological polar surface area (TPSA) is 55.4 Å². The minimum atomic E-state index is -0.914. The third-order valence-electron chi connectivity index (χ3n) is 4.56. The fourth-order valence-corrected chi connectivity index (χ4v) is 5.07. The molecule has 2 aromatic carbocycles. The zero-order chi connectivity index (χ0) is 19.1. The van der Waals surface area contributed by atoms with Crippen molar-refractivity contribution in [1.82, 2.24) is 0 Å². The summed E-state index contributed by atoms with van der Waals surface area (Å²) in [7, 11) is -0.914. The van der Waals surface area contributed by atoms with Gasteiger partial charge in [0.2, 0.25) is 0 Å². The van der Waals surface area contributed by atoms with E-state index in [1.807, 2.05) is 48.5 Å². The predicted octanol–water partition coefficient (Wildman–Crippen LogP) is 4.23. The molecule has 2 aromatic rings. The van der Waals surface area contributed by atoms with Crippen LogP contribution in [0.4, 0.5) is 5.69 Å². The van der Waals surface area contributed by atoms with Crippen LogP contribution in [-0.2, 0) is 27.0 Å². The number of ether oxygens (including phenoxy) is 1. The van der Waals surface area contributed by atoms with Crippen molar-refractivity contribution in [3.05, 3.63) is 65.2 Å². The molecule has 1 N–H and O–H groups in total. The number of carbonyl (C=O) groups excluding carboxylic acids is 1. The Hall–Kier alpha value is -1.63. The zero-order valence-corrected chi connectivity index (χ0v) is 17.1. The first-order chi connectivity index (χ1) is 13.2. The van der Waals surface area contributed by atoms with Gasteiger partial charge in [0, 0.05) is 52.0 Å². The Morgan fingerprint density at radius 3 is 2.59 bits per heavy atom. The average Bonchev–Trinajstić information content (AvgIpc) is 2.70. The highest BCUT2D eigenvalue weighted by Crippen LogP contribution is 2.19. The first kappa shape index (κ1) is 20.1. The van der Waals surface area contributed by atoms with Crippen LogP contribution in [0.1, 0.15) is 34.3 Å². The first-order valence-corrected chi connectivity index (χ1v) is 11.9. The highest BCUT2D eigenvalue weighted by atomic mass is 32.2. The number of amides is 1. The smallest absolute Gasteiger partial charge is 0.255 e. The summed E-state index contributed by atoms with van der Waals surface area (Å²) in [4.78, 5) is 12.5. The van der Waals surface area contributed by atoms with Crippen molar-refractivity contribution in [3.8, 4) is 0 Å². The molecular formula is C21H25NO3S2. The van der Waals surface area contributed by atoms with Gasteiger partial charge in [0.25, 0.3) is 5.91 Å². The number of nitrogens with one attached hydrogen (secondary N) is 1. The molecule has 1 fully saturated rings. The maximum atomic E-state index is 12.6. The van der Waals surface area contributed by atoms with E-state index in [1.165, 1.54) is 5.56 Å². The summed E-state index contributed by atoms with van der Waals surface area (Å²) in [6.45, 7) is 1.39. The number of carbonyl (C=O) groups is 1. The molecule has 6 heteroatoms. The molecule has 0 spiro atoms. The summed E-state index contributed by atoms with van der Waals surface area (Å²) in [5, 5.41) is 3.15. The first-order valence-electron chi connectivity index (χ1n) is 9.09. The van der Waals surface area contributed by atoms with E-state index >= 15 is 0 Å². The van der Waals surface area contributed by atoms with Gasteiger partial charge in [0.1, 0.15) is 0 Å². The van der Waals surface area contributed by atoms with Gasteiger partial charge in [-0.25, -0.2) is 0 Å². The summed E-state index contributed by atoms with van der Waals surface area (Å²) in [5.41, 5.74) is 3.55. The van der Waals surface area contributed by atoms with Crippen molar-refractivity contribution < 1.29 is 13.7 Å². The van der Waals surface area contributed by atoms with Crippen molar-refractivity contribution in [3.63, 3.8) is 0 Å². The monoisotopic (exact) mass is 403 g/mol. The molecule has 0 aromatic heterocycles. The molecule has 3 rings (SSSR count). The van der Waals surface area contributed by atoms with Crippen LogP contribution >= 0.6 is 11.8 Å².